The molecular formula is C19H23ClN2O4S2. The predicted molar refractivity (Wildman–Crippen MR) is 112 cm³/mol. The van der Waals surface area contributed by atoms with Gasteiger partial charge < -0.3 is 9.64 Å². The monoisotopic (exact) mass is 442 g/mol. The number of sulfonamides is 1. The van der Waals surface area contributed by atoms with Crippen LogP contribution in [0.1, 0.15) is 28.1 Å². The van der Waals surface area contributed by atoms with Gasteiger partial charge in [0.15, 0.2) is 0 Å². The van der Waals surface area contributed by atoms with E-state index < -0.39 is 10.0 Å². The Morgan fingerprint density at radius 1 is 1.32 bits per heavy atom. The van der Waals surface area contributed by atoms with Gasteiger partial charge in [0, 0.05) is 30.6 Å². The topological polar surface area (TPSA) is 66.9 Å². The Labute approximate surface area is 174 Å². The Kier molecular flexibility index (Phi) is 6.65. The highest BCUT2D eigenvalue weighted by Gasteiger charge is 2.26. The second-order valence-electron chi connectivity index (χ2n) is 6.87. The van der Waals surface area contributed by atoms with Crippen molar-refractivity contribution in [1.82, 2.24) is 9.21 Å². The van der Waals surface area contributed by atoms with E-state index in [0.29, 0.717) is 48.8 Å². The number of benzene rings is 1. The van der Waals surface area contributed by atoms with Crippen molar-refractivity contribution in [2.75, 3.05) is 26.4 Å². The summed E-state index contributed by atoms with van der Waals surface area (Å²) in [5.74, 6) is 0.403. The van der Waals surface area contributed by atoms with E-state index >= 15 is 0 Å². The first-order valence-electron chi connectivity index (χ1n) is 8.93. The minimum atomic E-state index is -3.16. The molecule has 2 heterocycles. The number of nitrogens with zero attached hydrogens (tertiary/aromatic N) is 2. The second-order valence-corrected chi connectivity index (χ2v) is 10.3. The van der Waals surface area contributed by atoms with Gasteiger partial charge in [0.1, 0.15) is 11.9 Å². The molecule has 9 heteroatoms. The molecule has 0 radical (unpaired) electrons. The number of halogens is 1. The molecule has 0 saturated carbocycles. The van der Waals surface area contributed by atoms with Crippen LogP contribution in [0.15, 0.2) is 35.7 Å². The van der Waals surface area contributed by atoms with Crippen molar-refractivity contribution >= 4 is 38.9 Å². The van der Waals surface area contributed by atoms with Gasteiger partial charge in [-0.15, -0.1) is 11.3 Å². The van der Waals surface area contributed by atoms with E-state index in [1.165, 1.54) is 10.6 Å². The molecule has 3 rings (SSSR count). The van der Waals surface area contributed by atoms with E-state index in [4.69, 9.17) is 16.3 Å². The van der Waals surface area contributed by atoms with Crippen molar-refractivity contribution in [2.45, 2.75) is 25.5 Å². The third-order valence-electron chi connectivity index (χ3n) is 4.66. The number of amides is 1. The van der Waals surface area contributed by atoms with Gasteiger partial charge in [0.2, 0.25) is 10.0 Å². The van der Waals surface area contributed by atoms with Crippen molar-refractivity contribution < 1.29 is 17.9 Å². The first-order chi connectivity index (χ1) is 13.2. The van der Waals surface area contributed by atoms with Crippen LogP contribution in [0.2, 0.25) is 5.02 Å². The maximum atomic E-state index is 12.6. The van der Waals surface area contributed by atoms with Crippen molar-refractivity contribution in [3.63, 3.8) is 0 Å². The van der Waals surface area contributed by atoms with Gasteiger partial charge >= 0.3 is 0 Å². The molecule has 152 valence electrons. The van der Waals surface area contributed by atoms with Crippen LogP contribution >= 0.6 is 22.9 Å². The second kappa shape index (κ2) is 8.82. The Morgan fingerprint density at radius 2 is 2.04 bits per heavy atom. The van der Waals surface area contributed by atoms with E-state index in [1.54, 1.807) is 41.5 Å². The van der Waals surface area contributed by atoms with Crippen LogP contribution in [0.25, 0.3) is 0 Å². The van der Waals surface area contributed by atoms with Crippen molar-refractivity contribution in [3.05, 3.63) is 51.2 Å². The van der Waals surface area contributed by atoms with E-state index in [2.05, 4.69) is 0 Å². The SMILES string of the molecule is CN(Cc1cccs1)C(=O)c1ccc(OC2CCN(S(C)(=O)=O)CC2)c(Cl)c1. The number of hydrogen-bond donors (Lipinski definition) is 0. The molecule has 2 aromatic rings. The summed E-state index contributed by atoms with van der Waals surface area (Å²) in [6.45, 7) is 1.42. The van der Waals surface area contributed by atoms with Gasteiger partial charge in [0.25, 0.3) is 5.91 Å². The van der Waals surface area contributed by atoms with E-state index in [9.17, 15) is 13.2 Å². The average molecular weight is 443 g/mol. The zero-order chi connectivity index (χ0) is 20.3. The van der Waals surface area contributed by atoms with Crippen molar-refractivity contribution in [2.24, 2.45) is 0 Å². The summed E-state index contributed by atoms with van der Waals surface area (Å²) in [5, 5.41) is 2.36. The predicted octanol–water partition coefficient (Wildman–Crippen LogP) is 3.48. The van der Waals surface area contributed by atoms with Gasteiger partial charge in [-0.3, -0.25) is 4.79 Å². The van der Waals surface area contributed by atoms with Crippen LogP contribution in [0.5, 0.6) is 5.75 Å². The summed E-state index contributed by atoms with van der Waals surface area (Å²) < 4.78 is 30.6. The van der Waals surface area contributed by atoms with E-state index in [-0.39, 0.29) is 12.0 Å². The lowest BCUT2D eigenvalue weighted by Crippen LogP contribution is -2.41. The Balaban J connectivity index is 1.60. The highest BCUT2D eigenvalue weighted by molar-refractivity contribution is 7.88. The summed E-state index contributed by atoms with van der Waals surface area (Å²) in [6.07, 6.45) is 2.33. The summed E-state index contributed by atoms with van der Waals surface area (Å²) in [4.78, 5) is 15.4. The zero-order valence-electron chi connectivity index (χ0n) is 15.8. The van der Waals surface area contributed by atoms with Crippen molar-refractivity contribution in [1.29, 1.82) is 0 Å². The molecule has 0 N–H and O–H groups in total. The minimum Gasteiger partial charge on any atom is -0.489 e. The standard InChI is InChI=1S/C19H23ClN2O4S2/c1-21(13-16-4-3-11-27-16)19(23)14-5-6-18(17(20)12-14)26-15-7-9-22(10-8-15)28(2,24)25/h3-6,11-12,15H,7-10,13H2,1-2H3. The number of hydrogen-bond acceptors (Lipinski definition) is 5. The van der Waals surface area contributed by atoms with Gasteiger partial charge in [-0.2, -0.15) is 0 Å². The molecule has 1 fully saturated rings. The Bertz CT molecular complexity index is 923. The number of ether oxygens (including phenoxy) is 1. The highest BCUT2D eigenvalue weighted by atomic mass is 35.5. The molecular weight excluding hydrogens is 420 g/mol. The molecule has 0 unspecified atom stereocenters. The van der Waals surface area contributed by atoms with Crippen LogP contribution in [-0.4, -0.2) is 56.0 Å². The van der Waals surface area contributed by atoms with Gasteiger partial charge in [-0.1, -0.05) is 17.7 Å². The number of carbonyl (C=O) groups is 1. The lowest BCUT2D eigenvalue weighted by molar-refractivity contribution is 0.0786. The minimum absolute atomic E-state index is 0.0986. The van der Waals surface area contributed by atoms with Gasteiger partial charge in [-0.05, 0) is 42.5 Å². The van der Waals surface area contributed by atoms with Crippen LogP contribution in [-0.2, 0) is 16.6 Å². The Morgan fingerprint density at radius 3 is 2.61 bits per heavy atom. The maximum Gasteiger partial charge on any atom is 0.253 e. The van der Waals surface area contributed by atoms with Gasteiger partial charge in [0.05, 0.1) is 17.8 Å². The normalized spacial score (nSPS) is 16.1. The van der Waals surface area contributed by atoms with Gasteiger partial charge in [-0.25, -0.2) is 12.7 Å². The molecule has 1 aromatic carbocycles. The van der Waals surface area contributed by atoms with Crippen LogP contribution < -0.4 is 4.74 Å². The molecule has 28 heavy (non-hydrogen) atoms. The van der Waals surface area contributed by atoms with E-state index in [1.807, 2.05) is 17.5 Å². The molecule has 0 atom stereocenters. The van der Waals surface area contributed by atoms with Crippen molar-refractivity contribution in [3.8, 4) is 5.75 Å². The summed E-state index contributed by atoms with van der Waals surface area (Å²) in [5.41, 5.74) is 0.503. The maximum absolute atomic E-state index is 12.6. The molecule has 1 amide bonds. The molecule has 1 saturated heterocycles. The highest BCUT2D eigenvalue weighted by Crippen LogP contribution is 2.29. The lowest BCUT2D eigenvalue weighted by atomic mass is 10.1. The largest absolute Gasteiger partial charge is 0.489 e. The summed E-state index contributed by atoms with van der Waals surface area (Å²) in [7, 11) is -1.40. The molecule has 1 aliphatic heterocycles. The lowest BCUT2D eigenvalue weighted by Gasteiger charge is -2.30. The summed E-state index contributed by atoms with van der Waals surface area (Å²) >= 11 is 7.95. The van der Waals surface area contributed by atoms with E-state index in [0.717, 1.165) is 4.88 Å². The molecule has 6 nitrogen and oxygen atoms in total. The third-order valence-corrected chi connectivity index (χ3v) is 7.12. The summed E-state index contributed by atoms with van der Waals surface area (Å²) in [6, 6.07) is 8.99. The first-order valence-corrected chi connectivity index (χ1v) is 12.0. The first kappa shape index (κ1) is 21.1. The molecule has 0 spiro atoms. The number of rotatable bonds is 6. The quantitative estimate of drug-likeness (QED) is 0.686. The molecule has 0 bridgehead atoms. The third kappa shape index (κ3) is 5.26. The fourth-order valence-corrected chi connectivity index (χ4v) is 4.98. The van der Waals surface area contributed by atoms with Crippen LogP contribution in [0.3, 0.4) is 0 Å². The van der Waals surface area contributed by atoms with Crippen LogP contribution in [0.4, 0.5) is 0 Å². The Hall–Kier alpha value is -1.61. The average Bonchev–Trinajstić information content (AvgIpc) is 3.15. The number of piperidine rings is 1. The number of thiophene rings is 1. The fraction of sp³-hybridized carbons (Fsp3) is 0.421. The molecule has 1 aromatic heterocycles. The number of carbonyl (C=O) groups excluding carboxylic acids is 1. The van der Waals surface area contributed by atoms with Crippen LogP contribution in [0, 0.1) is 0 Å². The fourth-order valence-electron chi connectivity index (χ4n) is 3.12. The zero-order valence-corrected chi connectivity index (χ0v) is 18.2. The molecule has 1 aliphatic rings. The molecule has 0 aliphatic carbocycles. The smallest absolute Gasteiger partial charge is 0.253 e.